The van der Waals surface area contributed by atoms with Crippen LogP contribution in [0.2, 0.25) is 0 Å². The van der Waals surface area contributed by atoms with Gasteiger partial charge in [-0.15, -0.1) is 0 Å². The smallest absolute Gasteiger partial charge is 0.257 e. The third-order valence-corrected chi connectivity index (χ3v) is 5.37. The Kier molecular flexibility index (Phi) is 5.81. The Hall–Kier alpha value is -2.28. The van der Waals surface area contributed by atoms with Crippen molar-refractivity contribution >= 4 is 27.2 Å². The van der Waals surface area contributed by atoms with Gasteiger partial charge in [-0.2, -0.15) is 0 Å². The Morgan fingerprint density at radius 2 is 1.96 bits per heavy atom. The molecule has 2 N–H and O–H groups in total. The summed E-state index contributed by atoms with van der Waals surface area (Å²) in [5.74, 6) is -0.0306. The lowest BCUT2D eigenvalue weighted by Gasteiger charge is -2.17. The molecule has 1 amide bonds. The summed E-state index contributed by atoms with van der Waals surface area (Å²) in [5.41, 5.74) is 1.34. The summed E-state index contributed by atoms with van der Waals surface area (Å²) >= 11 is 0. The van der Waals surface area contributed by atoms with E-state index in [0.717, 1.165) is 19.1 Å². The number of hydrogen-bond donors (Lipinski definition) is 2. The van der Waals surface area contributed by atoms with E-state index in [2.05, 4.69) is 11.9 Å². The molecule has 1 aromatic carbocycles. The van der Waals surface area contributed by atoms with Gasteiger partial charge in [0.25, 0.3) is 5.91 Å². The molecule has 26 heavy (non-hydrogen) atoms. The van der Waals surface area contributed by atoms with Crippen molar-refractivity contribution in [2.45, 2.75) is 24.7 Å². The molecule has 1 aliphatic rings. The van der Waals surface area contributed by atoms with Gasteiger partial charge in [0.1, 0.15) is 5.76 Å². The molecule has 0 bridgehead atoms. The number of rotatable bonds is 7. The van der Waals surface area contributed by atoms with Crippen molar-refractivity contribution in [2.75, 3.05) is 32.2 Å². The Morgan fingerprint density at radius 3 is 2.42 bits per heavy atom. The van der Waals surface area contributed by atoms with Gasteiger partial charge in [0.2, 0.25) is 0 Å². The Balaban J connectivity index is 2.53. The highest BCUT2D eigenvalue weighted by Gasteiger charge is 2.24. The number of anilines is 1. The molecule has 0 aromatic heterocycles. The standard InChI is InChI=1S/C19H26N2O4S/c1-12(2)17(19(23)21(3)4)18(22)14-8-9-16(26(5,24)25)15(10-14)20-11-13-6-7-13/h8-10,13,20,22H,1,6-7,11H2,2-5H3/b18-17+. The summed E-state index contributed by atoms with van der Waals surface area (Å²) in [5, 5.41) is 13.8. The van der Waals surface area contributed by atoms with Crippen LogP contribution in [0, 0.1) is 5.92 Å². The highest BCUT2D eigenvalue weighted by atomic mass is 32.2. The van der Waals surface area contributed by atoms with Gasteiger partial charge < -0.3 is 15.3 Å². The molecule has 1 fully saturated rings. The average Bonchev–Trinajstić information content (AvgIpc) is 3.35. The summed E-state index contributed by atoms with van der Waals surface area (Å²) in [6, 6.07) is 4.52. The van der Waals surface area contributed by atoms with E-state index >= 15 is 0 Å². The fourth-order valence-corrected chi connectivity index (χ4v) is 3.41. The van der Waals surface area contributed by atoms with Crippen LogP contribution < -0.4 is 5.32 Å². The summed E-state index contributed by atoms with van der Waals surface area (Å²) in [7, 11) is -0.240. The third kappa shape index (κ3) is 4.66. The van der Waals surface area contributed by atoms with E-state index < -0.39 is 9.84 Å². The highest BCUT2D eigenvalue weighted by Crippen LogP contribution is 2.32. The van der Waals surface area contributed by atoms with Crippen molar-refractivity contribution in [1.29, 1.82) is 0 Å². The fraction of sp³-hybridized carbons (Fsp3) is 0.421. The number of aliphatic hydroxyl groups excluding tert-OH is 1. The van der Waals surface area contributed by atoms with Crippen LogP contribution in [0.4, 0.5) is 5.69 Å². The van der Waals surface area contributed by atoms with Crippen molar-refractivity contribution in [3.05, 3.63) is 41.5 Å². The first-order valence-electron chi connectivity index (χ1n) is 8.41. The topological polar surface area (TPSA) is 86.7 Å². The quantitative estimate of drug-likeness (QED) is 0.433. The normalized spacial score (nSPS) is 15.2. The van der Waals surface area contributed by atoms with E-state index in [1.165, 1.54) is 17.0 Å². The number of nitrogens with zero attached hydrogens (tertiary/aromatic N) is 1. The first-order valence-corrected chi connectivity index (χ1v) is 10.3. The van der Waals surface area contributed by atoms with E-state index in [1.807, 2.05) is 0 Å². The maximum absolute atomic E-state index is 12.4. The Morgan fingerprint density at radius 1 is 1.35 bits per heavy atom. The molecular formula is C19H26N2O4S. The molecule has 7 heteroatoms. The van der Waals surface area contributed by atoms with E-state index in [4.69, 9.17) is 0 Å². The predicted octanol–water partition coefficient (Wildman–Crippen LogP) is 2.85. The van der Waals surface area contributed by atoms with Gasteiger partial charge in [-0.1, -0.05) is 6.58 Å². The van der Waals surface area contributed by atoms with Crippen LogP contribution >= 0.6 is 0 Å². The van der Waals surface area contributed by atoms with Gasteiger partial charge in [0, 0.05) is 32.5 Å². The summed E-state index contributed by atoms with van der Waals surface area (Å²) in [6.07, 6.45) is 3.40. The molecule has 0 radical (unpaired) electrons. The number of carbonyl (C=O) groups is 1. The number of sulfone groups is 1. The molecule has 0 aliphatic heterocycles. The lowest BCUT2D eigenvalue weighted by molar-refractivity contribution is -0.124. The van der Waals surface area contributed by atoms with Crippen LogP contribution in [0.15, 0.2) is 40.8 Å². The number of benzene rings is 1. The summed E-state index contributed by atoms with van der Waals surface area (Å²) in [6.45, 7) is 6.10. The van der Waals surface area contributed by atoms with Crippen LogP contribution in [0.3, 0.4) is 0 Å². The van der Waals surface area contributed by atoms with Crippen molar-refractivity contribution in [1.82, 2.24) is 4.90 Å². The van der Waals surface area contributed by atoms with Gasteiger partial charge in [-0.05, 0) is 49.5 Å². The van der Waals surface area contributed by atoms with Crippen molar-refractivity contribution in [3.8, 4) is 0 Å². The zero-order chi connectivity index (χ0) is 19.6. The fourth-order valence-electron chi connectivity index (χ4n) is 2.57. The van der Waals surface area contributed by atoms with Gasteiger partial charge in [-0.3, -0.25) is 4.79 Å². The number of nitrogens with one attached hydrogen (secondary N) is 1. The number of hydrogen-bond acceptors (Lipinski definition) is 5. The Bertz CT molecular complexity index is 866. The van der Waals surface area contributed by atoms with E-state index in [9.17, 15) is 18.3 Å². The predicted molar refractivity (Wildman–Crippen MR) is 104 cm³/mol. The number of aliphatic hydroxyl groups is 1. The monoisotopic (exact) mass is 378 g/mol. The van der Waals surface area contributed by atoms with Gasteiger partial charge >= 0.3 is 0 Å². The molecule has 1 aromatic rings. The summed E-state index contributed by atoms with van der Waals surface area (Å²) in [4.78, 5) is 13.9. The van der Waals surface area contributed by atoms with Crippen LogP contribution in [0.1, 0.15) is 25.3 Å². The lowest BCUT2D eigenvalue weighted by atomic mass is 10.0. The molecule has 0 unspecified atom stereocenters. The number of likely N-dealkylation sites (N-methyl/N-ethyl adjacent to an activating group) is 1. The maximum Gasteiger partial charge on any atom is 0.257 e. The van der Waals surface area contributed by atoms with E-state index in [0.29, 0.717) is 29.3 Å². The van der Waals surface area contributed by atoms with Crippen LogP contribution in [0.25, 0.3) is 5.76 Å². The first kappa shape index (κ1) is 20.0. The molecule has 0 atom stereocenters. The SMILES string of the molecule is C=C(C)/C(C(=O)N(C)C)=C(\O)c1ccc(S(C)(=O)=O)c(NCC2CC2)c1. The molecule has 2 rings (SSSR count). The second kappa shape index (κ2) is 7.53. The number of amides is 1. The van der Waals surface area contributed by atoms with E-state index in [-0.39, 0.29) is 22.1 Å². The minimum Gasteiger partial charge on any atom is -0.506 e. The molecule has 6 nitrogen and oxygen atoms in total. The minimum atomic E-state index is -3.42. The zero-order valence-electron chi connectivity index (χ0n) is 15.7. The molecule has 142 valence electrons. The van der Waals surface area contributed by atoms with Crippen molar-refractivity contribution in [2.24, 2.45) is 5.92 Å². The average molecular weight is 378 g/mol. The molecule has 0 spiro atoms. The number of carbonyl (C=O) groups excluding carboxylic acids is 1. The van der Waals surface area contributed by atoms with Crippen molar-refractivity contribution in [3.63, 3.8) is 0 Å². The summed E-state index contributed by atoms with van der Waals surface area (Å²) < 4.78 is 24.1. The molecular weight excluding hydrogens is 352 g/mol. The Labute approximate surface area is 155 Å². The maximum atomic E-state index is 12.4. The first-order chi connectivity index (χ1) is 12.0. The van der Waals surface area contributed by atoms with E-state index in [1.54, 1.807) is 27.1 Å². The van der Waals surface area contributed by atoms with Gasteiger partial charge in [-0.25, -0.2) is 8.42 Å². The highest BCUT2D eigenvalue weighted by molar-refractivity contribution is 7.90. The molecule has 0 heterocycles. The molecule has 1 aliphatic carbocycles. The van der Waals surface area contributed by atoms with Crippen LogP contribution in [0.5, 0.6) is 0 Å². The van der Waals surface area contributed by atoms with Crippen molar-refractivity contribution < 1.29 is 18.3 Å². The second-order valence-electron chi connectivity index (χ2n) is 7.01. The molecule has 0 saturated heterocycles. The van der Waals surface area contributed by atoms with Gasteiger partial charge in [0.05, 0.1) is 16.2 Å². The zero-order valence-corrected chi connectivity index (χ0v) is 16.5. The van der Waals surface area contributed by atoms with Crippen LogP contribution in [-0.4, -0.2) is 51.2 Å². The van der Waals surface area contributed by atoms with Gasteiger partial charge in [0.15, 0.2) is 9.84 Å². The minimum absolute atomic E-state index is 0.107. The lowest BCUT2D eigenvalue weighted by Crippen LogP contribution is -2.25. The van der Waals surface area contributed by atoms with Crippen LogP contribution in [-0.2, 0) is 14.6 Å². The third-order valence-electron chi connectivity index (χ3n) is 4.21. The molecule has 1 saturated carbocycles. The second-order valence-corrected chi connectivity index (χ2v) is 9.00. The largest absolute Gasteiger partial charge is 0.506 e.